The number of halogens is 2. The average Bonchev–Trinajstić information content (AvgIpc) is 3.32. The molecule has 0 bridgehead atoms. The largest absolute Gasteiger partial charge is 0.399 e. The number of aryl methyl sites for hydroxylation is 1. The van der Waals surface area contributed by atoms with Crippen LogP contribution in [0.25, 0.3) is 28.1 Å². The molecule has 3 aromatic heterocycles. The molecule has 2 atom stereocenters. The second-order valence-corrected chi connectivity index (χ2v) is 8.45. The monoisotopic (exact) mass is 463 g/mol. The molecule has 0 aliphatic heterocycles. The molecule has 2 unspecified atom stereocenters. The number of fused-ring (bicyclic) bond motifs is 3. The number of imidazole rings is 2. The molecule has 1 aliphatic rings. The molecular weight excluding hydrogens is 444 g/mol. The molecule has 0 amide bonds. The first-order valence-corrected chi connectivity index (χ1v) is 10.7. The number of hydrogen-bond donors (Lipinski definition) is 2. The van der Waals surface area contributed by atoms with Gasteiger partial charge in [0.15, 0.2) is 5.65 Å². The molecule has 9 nitrogen and oxygen atoms in total. The van der Waals surface area contributed by atoms with Crippen LogP contribution in [-0.2, 0) is 7.05 Å². The van der Waals surface area contributed by atoms with Gasteiger partial charge in [-0.15, -0.1) is 0 Å². The number of hydrogen-bond acceptors (Lipinski definition) is 6. The van der Waals surface area contributed by atoms with Crippen LogP contribution >= 0.6 is 0 Å². The maximum atomic E-state index is 14.6. The van der Waals surface area contributed by atoms with Gasteiger partial charge in [-0.1, -0.05) is 0 Å². The van der Waals surface area contributed by atoms with E-state index < -0.39 is 29.5 Å². The summed E-state index contributed by atoms with van der Waals surface area (Å²) in [5.74, 6) is -1.35. The molecule has 11 heteroatoms. The Labute approximate surface area is 190 Å². The highest BCUT2D eigenvalue weighted by molar-refractivity contribution is 5.80. The van der Waals surface area contributed by atoms with E-state index in [1.165, 1.54) is 21.4 Å². The van der Waals surface area contributed by atoms with E-state index in [1.54, 1.807) is 36.1 Å². The van der Waals surface area contributed by atoms with Crippen LogP contribution in [0.4, 0.5) is 14.5 Å². The van der Waals surface area contributed by atoms with Crippen molar-refractivity contribution in [2.75, 3.05) is 5.73 Å². The van der Waals surface area contributed by atoms with Gasteiger partial charge in [0.1, 0.15) is 23.5 Å². The van der Waals surface area contributed by atoms with Gasteiger partial charge in [-0.25, -0.2) is 23.5 Å². The molecule has 1 aliphatic carbocycles. The van der Waals surface area contributed by atoms with Gasteiger partial charge in [0, 0.05) is 24.4 Å². The van der Waals surface area contributed by atoms with Crippen LogP contribution in [-0.4, -0.2) is 33.8 Å². The van der Waals surface area contributed by atoms with E-state index in [0.717, 1.165) is 6.07 Å². The number of nitrogen functional groups attached to an aromatic ring is 1. The number of aliphatic hydroxyl groups is 1. The topological polar surface area (TPSA) is 117 Å². The lowest BCUT2D eigenvalue weighted by Crippen LogP contribution is -2.30. The summed E-state index contributed by atoms with van der Waals surface area (Å²) < 4.78 is 33.2. The molecule has 3 heterocycles. The minimum Gasteiger partial charge on any atom is -0.399 e. The molecule has 34 heavy (non-hydrogen) atoms. The van der Waals surface area contributed by atoms with Gasteiger partial charge >= 0.3 is 5.69 Å². The normalized spacial score (nSPS) is 18.0. The molecule has 6 rings (SSSR count). The van der Waals surface area contributed by atoms with Crippen molar-refractivity contribution in [1.82, 2.24) is 28.7 Å². The van der Waals surface area contributed by atoms with Crippen molar-refractivity contribution in [2.24, 2.45) is 7.05 Å². The Kier molecular flexibility index (Phi) is 4.33. The highest BCUT2D eigenvalue weighted by Gasteiger charge is 2.33. The molecular formula is C23H19F2N7O2. The zero-order chi connectivity index (χ0) is 23.7. The van der Waals surface area contributed by atoms with E-state index in [4.69, 9.17) is 5.73 Å². The molecule has 172 valence electrons. The smallest absolute Gasteiger partial charge is 0.330 e. The fraction of sp³-hybridized carbons (Fsp3) is 0.217. The maximum Gasteiger partial charge on any atom is 0.330 e. The molecule has 0 fully saturated rings. The summed E-state index contributed by atoms with van der Waals surface area (Å²) in [7, 11) is 1.59. The third-order valence-corrected chi connectivity index (χ3v) is 6.45. The minimum atomic E-state index is -1.08. The van der Waals surface area contributed by atoms with Crippen LogP contribution < -0.4 is 11.4 Å². The van der Waals surface area contributed by atoms with E-state index in [9.17, 15) is 18.7 Å². The molecule has 0 saturated heterocycles. The zero-order valence-corrected chi connectivity index (χ0v) is 18.0. The average molecular weight is 463 g/mol. The first-order valence-electron chi connectivity index (χ1n) is 10.7. The molecule has 0 spiro atoms. The first kappa shape index (κ1) is 20.5. The minimum absolute atomic E-state index is 0.00640. The number of nitrogens with zero attached hydrogens (tertiary/aromatic N) is 6. The highest BCUT2D eigenvalue weighted by atomic mass is 19.1. The maximum absolute atomic E-state index is 14.6. The van der Waals surface area contributed by atoms with Crippen molar-refractivity contribution in [3.63, 3.8) is 0 Å². The third-order valence-electron chi connectivity index (χ3n) is 6.45. The molecule has 0 saturated carbocycles. The van der Waals surface area contributed by atoms with Crippen molar-refractivity contribution >= 4 is 27.9 Å². The summed E-state index contributed by atoms with van der Waals surface area (Å²) >= 11 is 0. The fourth-order valence-electron chi connectivity index (χ4n) is 4.82. The summed E-state index contributed by atoms with van der Waals surface area (Å²) in [6, 6.07) is 6.48. The molecule has 2 aromatic carbocycles. The van der Waals surface area contributed by atoms with Crippen molar-refractivity contribution < 1.29 is 13.9 Å². The summed E-state index contributed by atoms with van der Waals surface area (Å²) in [4.78, 5) is 26.7. The van der Waals surface area contributed by atoms with Gasteiger partial charge in [0.2, 0.25) is 5.95 Å². The Morgan fingerprint density at radius 1 is 1.12 bits per heavy atom. The van der Waals surface area contributed by atoms with E-state index in [-0.39, 0.29) is 23.5 Å². The Bertz CT molecular complexity index is 1670. The predicted molar refractivity (Wildman–Crippen MR) is 121 cm³/mol. The quantitative estimate of drug-likeness (QED) is 0.389. The van der Waals surface area contributed by atoms with Gasteiger partial charge in [0.25, 0.3) is 0 Å². The number of aliphatic hydroxyl groups excluding tert-OH is 1. The van der Waals surface area contributed by atoms with Crippen LogP contribution in [0, 0.1) is 11.6 Å². The van der Waals surface area contributed by atoms with Crippen LogP contribution in [0.5, 0.6) is 0 Å². The third kappa shape index (κ3) is 2.86. The molecule has 5 aromatic rings. The van der Waals surface area contributed by atoms with E-state index >= 15 is 0 Å². The van der Waals surface area contributed by atoms with Crippen molar-refractivity contribution in [3.8, 4) is 5.95 Å². The Morgan fingerprint density at radius 3 is 2.76 bits per heavy atom. The molecule has 0 radical (unpaired) electrons. The van der Waals surface area contributed by atoms with Crippen LogP contribution in [0.15, 0.2) is 47.7 Å². The van der Waals surface area contributed by atoms with Gasteiger partial charge in [-0.3, -0.25) is 13.7 Å². The lowest BCUT2D eigenvalue weighted by molar-refractivity contribution is 0.142. The Balaban J connectivity index is 1.60. The highest BCUT2D eigenvalue weighted by Crippen LogP contribution is 2.40. The van der Waals surface area contributed by atoms with Gasteiger partial charge in [-0.2, -0.15) is 4.98 Å². The van der Waals surface area contributed by atoms with Crippen molar-refractivity contribution in [3.05, 3.63) is 76.1 Å². The van der Waals surface area contributed by atoms with E-state index in [1.807, 2.05) is 0 Å². The number of benzene rings is 2. The van der Waals surface area contributed by atoms with Crippen molar-refractivity contribution in [1.29, 1.82) is 0 Å². The van der Waals surface area contributed by atoms with Gasteiger partial charge in [0.05, 0.1) is 29.4 Å². The number of rotatable bonds is 2. The molecule has 3 N–H and O–H groups in total. The standard InChI is InChI=1S/C23H19F2N7O2/c1-30-18-9-27-22(31-10-28-15-3-2-12(26)8-17(15)31)29-21(18)32(23(30)34)16-4-5-19(33)20-13(16)6-11(24)7-14(20)25/h2-3,6-10,16,19,33H,4-5,26H2,1H3. The second-order valence-electron chi connectivity index (χ2n) is 8.45. The Morgan fingerprint density at radius 2 is 1.94 bits per heavy atom. The lowest BCUT2D eigenvalue weighted by Gasteiger charge is -2.30. The number of nitrogens with two attached hydrogens (primary N) is 1. The summed E-state index contributed by atoms with van der Waals surface area (Å²) in [6.07, 6.45) is 2.53. The number of anilines is 1. The van der Waals surface area contributed by atoms with Gasteiger partial charge < -0.3 is 10.8 Å². The number of aromatic nitrogens is 6. The summed E-state index contributed by atoms with van der Waals surface area (Å²) in [5.41, 5.74) is 8.47. The SMILES string of the molecule is Cn1c(=O)n(C2CCC(O)c3c(F)cc(F)cc32)c2nc(-n3cnc4ccc(N)cc43)ncc21. The Hall–Kier alpha value is -4.12. The van der Waals surface area contributed by atoms with Crippen LogP contribution in [0.1, 0.15) is 36.1 Å². The zero-order valence-electron chi connectivity index (χ0n) is 18.0. The predicted octanol–water partition coefficient (Wildman–Crippen LogP) is 2.75. The van der Waals surface area contributed by atoms with Crippen LogP contribution in [0.2, 0.25) is 0 Å². The second kappa shape index (κ2) is 7.19. The summed E-state index contributed by atoms with van der Waals surface area (Å²) in [5, 5.41) is 10.4. The van der Waals surface area contributed by atoms with Crippen LogP contribution in [0.3, 0.4) is 0 Å². The van der Waals surface area contributed by atoms with Crippen molar-refractivity contribution in [2.45, 2.75) is 25.0 Å². The first-order chi connectivity index (χ1) is 16.3. The fourth-order valence-corrected chi connectivity index (χ4v) is 4.82. The van der Waals surface area contributed by atoms with E-state index in [2.05, 4.69) is 15.0 Å². The van der Waals surface area contributed by atoms with Gasteiger partial charge in [-0.05, 0) is 42.7 Å². The van der Waals surface area contributed by atoms with E-state index in [0.29, 0.717) is 34.3 Å². The summed E-state index contributed by atoms with van der Waals surface area (Å²) in [6.45, 7) is 0. The lowest BCUT2D eigenvalue weighted by atomic mass is 9.85.